The Morgan fingerprint density at radius 1 is 0.786 bits per heavy atom. The molecule has 6 heteroatoms. The van der Waals surface area contributed by atoms with E-state index in [2.05, 4.69) is 0 Å². The third-order valence-corrected chi connectivity index (χ3v) is 5.37. The van der Waals surface area contributed by atoms with Gasteiger partial charge < -0.3 is 13.9 Å². The van der Waals surface area contributed by atoms with Crippen LogP contribution in [0.2, 0.25) is 10.0 Å². The van der Waals surface area contributed by atoms with Crippen LogP contribution in [0.5, 0.6) is 5.75 Å². The molecule has 0 unspecified atom stereocenters. The van der Waals surface area contributed by atoms with E-state index in [0.29, 0.717) is 35.4 Å². The van der Waals surface area contributed by atoms with E-state index in [1.54, 1.807) is 6.07 Å². The maximum absolute atomic E-state index is 8.71. The molecule has 0 amide bonds. The third kappa shape index (κ3) is 3.79. The Hall–Kier alpha value is -2.69. The summed E-state index contributed by atoms with van der Waals surface area (Å²) in [4.78, 5) is 0. The molecule has 0 aliphatic carbocycles. The molecule has 0 spiro atoms. The average Bonchev–Trinajstić information content (AvgIpc) is 2.97. The minimum atomic E-state index is 0.420. The van der Waals surface area contributed by atoms with Gasteiger partial charge in [-0.25, -0.2) is 0 Å². The Bertz CT molecular complexity index is 1170. The zero-order valence-corrected chi connectivity index (χ0v) is 16.6. The highest BCUT2D eigenvalue weighted by atomic mass is 35.5. The molecule has 142 valence electrons. The Balaban J connectivity index is 1.63. The molecule has 1 N–H and O–H groups in total. The highest BCUT2D eigenvalue weighted by Gasteiger charge is 2.11. The Kier molecular flexibility index (Phi) is 5.42. The molecule has 28 heavy (non-hydrogen) atoms. The number of para-hydroxylation sites is 3. The molecule has 0 saturated carbocycles. The van der Waals surface area contributed by atoms with E-state index < -0.39 is 0 Å². The Morgan fingerprint density at radius 2 is 1.46 bits per heavy atom. The molecule has 0 atom stereocenters. The monoisotopic (exact) mass is 411 g/mol. The first-order chi connectivity index (χ1) is 13.6. The molecule has 0 radical (unpaired) electrons. The van der Waals surface area contributed by atoms with E-state index in [4.69, 9.17) is 33.3 Å². The summed E-state index contributed by atoms with van der Waals surface area (Å²) in [6.07, 6.45) is 0. The van der Waals surface area contributed by atoms with Gasteiger partial charge in [-0.15, -0.1) is 0 Å². The van der Waals surface area contributed by atoms with Crippen molar-refractivity contribution in [1.82, 2.24) is 9.13 Å². The van der Waals surface area contributed by atoms with Gasteiger partial charge in [-0.2, -0.15) is 0 Å². The standard InChI is InChI=1S/C22H19Cl2N3O/c23-18-11-10-16(14-19(18)24)15-27-21-9-5-4-8-20(21)26(22(27)25)12-13-28-17-6-2-1-3-7-17/h1-11,14,25H,12-13,15H2. The van der Waals surface area contributed by atoms with Gasteiger partial charge in [0.25, 0.3) is 0 Å². The molecule has 0 fully saturated rings. The first-order valence-electron chi connectivity index (χ1n) is 8.98. The van der Waals surface area contributed by atoms with Crippen LogP contribution in [0.3, 0.4) is 0 Å². The lowest BCUT2D eigenvalue weighted by Crippen LogP contribution is -2.27. The molecule has 4 aromatic rings. The summed E-state index contributed by atoms with van der Waals surface area (Å²) in [5.74, 6) is 0.828. The first kappa shape index (κ1) is 18.7. The average molecular weight is 412 g/mol. The summed E-state index contributed by atoms with van der Waals surface area (Å²) in [5.41, 5.74) is 3.42. The van der Waals surface area contributed by atoms with Crippen LogP contribution in [-0.2, 0) is 13.1 Å². The maximum Gasteiger partial charge on any atom is 0.203 e. The lowest BCUT2D eigenvalue weighted by Gasteiger charge is -2.08. The number of aromatic nitrogens is 2. The number of imidazole rings is 1. The number of ether oxygens (including phenoxy) is 1. The minimum Gasteiger partial charge on any atom is -0.492 e. The molecular formula is C22H19Cl2N3O. The van der Waals surface area contributed by atoms with E-state index in [9.17, 15) is 0 Å². The summed E-state index contributed by atoms with van der Waals surface area (Å²) >= 11 is 12.2. The van der Waals surface area contributed by atoms with E-state index >= 15 is 0 Å². The predicted molar refractivity (Wildman–Crippen MR) is 113 cm³/mol. The molecule has 0 bridgehead atoms. The highest BCUT2D eigenvalue weighted by Crippen LogP contribution is 2.23. The van der Waals surface area contributed by atoms with Crippen molar-refractivity contribution in [2.24, 2.45) is 0 Å². The zero-order valence-electron chi connectivity index (χ0n) is 15.1. The summed E-state index contributed by atoms with van der Waals surface area (Å²) in [6.45, 7) is 1.62. The number of nitrogens with one attached hydrogen (secondary N) is 1. The quantitative estimate of drug-likeness (QED) is 0.456. The maximum atomic E-state index is 8.71. The van der Waals surface area contributed by atoms with Gasteiger partial charge in [-0.1, -0.05) is 59.6 Å². The van der Waals surface area contributed by atoms with Crippen LogP contribution in [0.1, 0.15) is 5.56 Å². The molecule has 1 heterocycles. The second kappa shape index (κ2) is 8.13. The molecule has 0 saturated heterocycles. The third-order valence-electron chi connectivity index (χ3n) is 4.63. The second-order valence-corrected chi connectivity index (χ2v) is 7.27. The normalized spacial score (nSPS) is 11.1. The molecule has 4 nitrogen and oxygen atoms in total. The number of fused-ring (bicyclic) bond motifs is 1. The van der Waals surface area contributed by atoms with Crippen LogP contribution >= 0.6 is 23.2 Å². The van der Waals surface area contributed by atoms with E-state index in [1.165, 1.54) is 0 Å². The van der Waals surface area contributed by atoms with Crippen LogP contribution in [-0.4, -0.2) is 15.7 Å². The Labute approximate surface area is 173 Å². The van der Waals surface area contributed by atoms with Gasteiger partial charge in [-0.3, -0.25) is 5.41 Å². The zero-order chi connectivity index (χ0) is 19.5. The number of hydrogen-bond donors (Lipinski definition) is 1. The van der Waals surface area contributed by atoms with Crippen molar-refractivity contribution < 1.29 is 4.74 Å². The van der Waals surface area contributed by atoms with Crippen molar-refractivity contribution in [3.8, 4) is 5.75 Å². The van der Waals surface area contributed by atoms with Gasteiger partial charge in [0, 0.05) is 0 Å². The fraction of sp³-hybridized carbons (Fsp3) is 0.136. The van der Waals surface area contributed by atoms with Crippen LogP contribution in [0.4, 0.5) is 0 Å². The van der Waals surface area contributed by atoms with Gasteiger partial charge in [0.1, 0.15) is 12.4 Å². The lowest BCUT2D eigenvalue weighted by atomic mass is 10.2. The number of benzene rings is 3. The molecule has 0 aliphatic rings. The van der Waals surface area contributed by atoms with Gasteiger partial charge in [0.15, 0.2) is 0 Å². The fourth-order valence-electron chi connectivity index (χ4n) is 3.27. The summed E-state index contributed by atoms with van der Waals surface area (Å²) in [6, 6.07) is 23.3. The van der Waals surface area contributed by atoms with Crippen LogP contribution in [0.25, 0.3) is 11.0 Å². The summed E-state index contributed by atoms with van der Waals surface area (Å²) in [7, 11) is 0. The molecule has 4 rings (SSSR count). The fourth-order valence-corrected chi connectivity index (χ4v) is 3.59. The van der Waals surface area contributed by atoms with Gasteiger partial charge in [0.2, 0.25) is 5.62 Å². The van der Waals surface area contributed by atoms with E-state index in [0.717, 1.165) is 22.3 Å². The molecular weight excluding hydrogens is 393 g/mol. The van der Waals surface area contributed by atoms with Gasteiger partial charge in [0.05, 0.1) is 34.2 Å². The van der Waals surface area contributed by atoms with Crippen LogP contribution in [0, 0.1) is 5.41 Å². The smallest absolute Gasteiger partial charge is 0.203 e. The summed E-state index contributed by atoms with van der Waals surface area (Å²) < 4.78 is 9.76. The molecule has 3 aromatic carbocycles. The van der Waals surface area contributed by atoms with Gasteiger partial charge in [-0.05, 0) is 42.0 Å². The van der Waals surface area contributed by atoms with Crippen LogP contribution in [0.15, 0.2) is 72.8 Å². The van der Waals surface area contributed by atoms with Crippen molar-refractivity contribution in [2.45, 2.75) is 13.1 Å². The summed E-state index contributed by atoms with van der Waals surface area (Å²) in [5, 5.41) is 9.76. The number of rotatable bonds is 6. The lowest BCUT2D eigenvalue weighted by molar-refractivity contribution is 0.296. The van der Waals surface area contributed by atoms with Crippen molar-refractivity contribution in [1.29, 1.82) is 5.41 Å². The van der Waals surface area contributed by atoms with Crippen molar-refractivity contribution in [3.05, 3.63) is 94.0 Å². The second-order valence-electron chi connectivity index (χ2n) is 6.46. The van der Waals surface area contributed by atoms with E-state index in [-0.39, 0.29) is 0 Å². The SMILES string of the molecule is N=c1n(CCOc2ccccc2)c2ccccc2n1Cc1ccc(Cl)c(Cl)c1. The molecule has 0 aliphatic heterocycles. The topological polar surface area (TPSA) is 42.9 Å². The van der Waals surface area contributed by atoms with Crippen molar-refractivity contribution in [2.75, 3.05) is 6.61 Å². The number of halogens is 2. The van der Waals surface area contributed by atoms with E-state index in [1.807, 2.05) is 75.9 Å². The highest BCUT2D eigenvalue weighted by molar-refractivity contribution is 6.42. The largest absolute Gasteiger partial charge is 0.492 e. The number of nitrogens with zero attached hydrogens (tertiary/aromatic N) is 2. The Morgan fingerprint density at radius 3 is 2.18 bits per heavy atom. The van der Waals surface area contributed by atoms with Crippen molar-refractivity contribution in [3.63, 3.8) is 0 Å². The van der Waals surface area contributed by atoms with Gasteiger partial charge >= 0.3 is 0 Å². The predicted octanol–water partition coefficient (Wildman–Crippen LogP) is 5.36. The first-order valence-corrected chi connectivity index (χ1v) is 9.73. The van der Waals surface area contributed by atoms with Crippen LogP contribution < -0.4 is 10.4 Å². The minimum absolute atomic E-state index is 0.420. The molecule has 1 aromatic heterocycles. The van der Waals surface area contributed by atoms with Crippen molar-refractivity contribution >= 4 is 34.2 Å². The number of hydrogen-bond acceptors (Lipinski definition) is 2.